The number of piperazine rings is 1. The molecule has 0 bridgehead atoms. The molecule has 0 unspecified atom stereocenters. The molecule has 1 amide bonds. The number of rotatable bonds is 4. The molecule has 1 aliphatic heterocycles. The molecular weight excluding hydrogens is 363 g/mol. The van der Waals surface area contributed by atoms with Gasteiger partial charge in [0.25, 0.3) is 10.0 Å². The molecule has 25 heavy (non-hydrogen) atoms. The Morgan fingerprint density at radius 3 is 2.36 bits per heavy atom. The van der Waals surface area contributed by atoms with E-state index < -0.39 is 10.0 Å². The Morgan fingerprint density at radius 2 is 1.76 bits per heavy atom. The quantitative estimate of drug-likeness (QED) is 0.766. The van der Waals surface area contributed by atoms with Crippen molar-refractivity contribution in [2.75, 3.05) is 26.2 Å². The summed E-state index contributed by atoms with van der Waals surface area (Å²) in [7, 11) is -3.47. The van der Waals surface area contributed by atoms with E-state index in [0.29, 0.717) is 17.3 Å². The highest BCUT2D eigenvalue weighted by Crippen LogP contribution is 2.22. The number of benzene rings is 1. The van der Waals surface area contributed by atoms with Crippen LogP contribution in [0.3, 0.4) is 0 Å². The minimum atomic E-state index is -3.47. The highest BCUT2D eigenvalue weighted by atomic mass is 32.2. The fourth-order valence-electron chi connectivity index (χ4n) is 2.53. The van der Waals surface area contributed by atoms with Crippen molar-refractivity contribution in [3.63, 3.8) is 0 Å². The van der Waals surface area contributed by atoms with Gasteiger partial charge in [0.1, 0.15) is 10.0 Å². The van der Waals surface area contributed by atoms with E-state index in [2.05, 4.69) is 0 Å². The first-order valence-corrected chi connectivity index (χ1v) is 10.0. The van der Waals surface area contributed by atoms with E-state index in [0.717, 1.165) is 5.56 Å². The van der Waals surface area contributed by atoms with Gasteiger partial charge in [0.05, 0.1) is 0 Å². The highest BCUT2D eigenvalue weighted by molar-refractivity contribution is 7.91. The van der Waals surface area contributed by atoms with Crippen molar-refractivity contribution < 1.29 is 17.6 Å². The van der Waals surface area contributed by atoms with Crippen molar-refractivity contribution in [1.82, 2.24) is 9.21 Å². The normalized spacial score (nSPS) is 16.4. The molecule has 0 N–H and O–H groups in total. The summed E-state index contributed by atoms with van der Waals surface area (Å²) >= 11 is 1.19. The fraction of sp³-hybridized carbons (Fsp3) is 0.235. The van der Waals surface area contributed by atoms with Gasteiger partial charge in [-0.15, -0.1) is 11.3 Å². The number of nitrogens with zero attached hydrogens (tertiary/aromatic N) is 2. The van der Waals surface area contributed by atoms with E-state index in [4.69, 9.17) is 0 Å². The van der Waals surface area contributed by atoms with Crippen molar-refractivity contribution in [1.29, 1.82) is 0 Å². The van der Waals surface area contributed by atoms with Crippen molar-refractivity contribution in [3.8, 4) is 0 Å². The molecule has 1 aromatic carbocycles. The molecule has 1 saturated heterocycles. The summed E-state index contributed by atoms with van der Waals surface area (Å²) in [4.78, 5) is 13.8. The monoisotopic (exact) mass is 380 g/mol. The Kier molecular flexibility index (Phi) is 5.31. The van der Waals surface area contributed by atoms with Gasteiger partial charge in [0, 0.05) is 32.3 Å². The molecule has 0 radical (unpaired) electrons. The first kappa shape index (κ1) is 17.8. The lowest BCUT2D eigenvalue weighted by molar-refractivity contribution is -0.127. The number of hydrogen-bond acceptors (Lipinski definition) is 4. The van der Waals surface area contributed by atoms with Crippen LogP contribution in [0.2, 0.25) is 0 Å². The van der Waals surface area contributed by atoms with Crippen LogP contribution in [0.1, 0.15) is 5.56 Å². The van der Waals surface area contributed by atoms with E-state index in [1.165, 1.54) is 33.9 Å². The number of hydrogen-bond donors (Lipinski definition) is 0. The third-order valence-corrected chi connectivity index (χ3v) is 7.20. The Balaban J connectivity index is 1.58. The van der Waals surface area contributed by atoms with Crippen LogP contribution in [-0.4, -0.2) is 49.7 Å². The van der Waals surface area contributed by atoms with Gasteiger partial charge < -0.3 is 4.90 Å². The Morgan fingerprint density at radius 1 is 1.08 bits per heavy atom. The van der Waals surface area contributed by atoms with Gasteiger partial charge in [-0.1, -0.05) is 18.2 Å². The second kappa shape index (κ2) is 7.47. The molecule has 2 heterocycles. The minimum Gasteiger partial charge on any atom is -0.337 e. The van der Waals surface area contributed by atoms with Crippen LogP contribution in [0.25, 0.3) is 6.08 Å². The van der Waals surface area contributed by atoms with Gasteiger partial charge in [-0.3, -0.25) is 4.79 Å². The van der Waals surface area contributed by atoms with Crippen molar-refractivity contribution in [3.05, 3.63) is 59.2 Å². The summed E-state index contributed by atoms with van der Waals surface area (Å²) in [6.07, 6.45) is 3.05. The van der Waals surface area contributed by atoms with Gasteiger partial charge in [-0.25, -0.2) is 12.8 Å². The number of halogens is 1. The number of carbonyl (C=O) groups excluding carboxylic acids is 1. The summed E-state index contributed by atoms with van der Waals surface area (Å²) in [6.45, 7) is 1.24. The van der Waals surface area contributed by atoms with Gasteiger partial charge >= 0.3 is 0 Å². The maximum Gasteiger partial charge on any atom is 0.252 e. The number of sulfonamides is 1. The summed E-state index contributed by atoms with van der Waals surface area (Å²) in [6, 6.07) is 9.13. The lowest BCUT2D eigenvalue weighted by Gasteiger charge is -2.33. The maximum atomic E-state index is 12.9. The van der Waals surface area contributed by atoms with Gasteiger partial charge in [0.2, 0.25) is 5.91 Å². The molecular formula is C17H17FN2O3S2. The second-order valence-corrected chi connectivity index (χ2v) is 8.66. The summed E-state index contributed by atoms with van der Waals surface area (Å²) < 4.78 is 39.5. The lowest BCUT2D eigenvalue weighted by Crippen LogP contribution is -2.50. The molecule has 0 spiro atoms. The molecule has 1 fully saturated rings. The zero-order chi connectivity index (χ0) is 17.9. The lowest BCUT2D eigenvalue weighted by atomic mass is 10.2. The average molecular weight is 380 g/mol. The second-order valence-electron chi connectivity index (χ2n) is 5.55. The third-order valence-electron chi connectivity index (χ3n) is 3.93. The Bertz CT molecular complexity index is 854. The largest absolute Gasteiger partial charge is 0.337 e. The Hall–Kier alpha value is -2.03. The first-order chi connectivity index (χ1) is 12.0. The molecule has 8 heteroatoms. The van der Waals surface area contributed by atoms with E-state index in [9.17, 15) is 17.6 Å². The summed E-state index contributed by atoms with van der Waals surface area (Å²) in [5.74, 6) is -0.510. The average Bonchev–Trinajstić information content (AvgIpc) is 3.16. The van der Waals surface area contributed by atoms with E-state index in [1.54, 1.807) is 40.6 Å². The standard InChI is InChI=1S/C17H17FN2O3S2/c18-15-6-3-14(4-7-15)5-8-16(21)19-9-11-20(12-10-19)25(22,23)17-2-1-13-24-17/h1-8,13H,9-12H2/b8-5+. The van der Waals surface area contributed by atoms with E-state index >= 15 is 0 Å². The molecule has 1 aliphatic rings. The van der Waals surface area contributed by atoms with E-state index in [-0.39, 0.29) is 24.8 Å². The van der Waals surface area contributed by atoms with Gasteiger partial charge in [-0.05, 0) is 35.2 Å². The number of carbonyl (C=O) groups is 1. The van der Waals surface area contributed by atoms with Crippen LogP contribution in [0.5, 0.6) is 0 Å². The molecule has 3 rings (SSSR count). The predicted octanol–water partition coefficient (Wildman–Crippen LogP) is 2.43. The van der Waals surface area contributed by atoms with Crippen LogP contribution in [0, 0.1) is 5.82 Å². The molecule has 0 atom stereocenters. The van der Waals surface area contributed by atoms with Crippen LogP contribution in [0.15, 0.2) is 52.1 Å². The summed E-state index contributed by atoms with van der Waals surface area (Å²) in [5.41, 5.74) is 0.730. The molecule has 132 valence electrons. The van der Waals surface area contributed by atoms with Crippen LogP contribution >= 0.6 is 11.3 Å². The van der Waals surface area contributed by atoms with Crippen LogP contribution in [0.4, 0.5) is 4.39 Å². The first-order valence-electron chi connectivity index (χ1n) is 7.73. The molecule has 0 aliphatic carbocycles. The number of amides is 1. The van der Waals surface area contributed by atoms with Crippen LogP contribution < -0.4 is 0 Å². The fourth-order valence-corrected chi connectivity index (χ4v) is 5.10. The molecule has 5 nitrogen and oxygen atoms in total. The molecule has 2 aromatic rings. The summed E-state index contributed by atoms with van der Waals surface area (Å²) in [5, 5.41) is 1.73. The third kappa shape index (κ3) is 4.15. The highest BCUT2D eigenvalue weighted by Gasteiger charge is 2.30. The SMILES string of the molecule is O=C(/C=C/c1ccc(F)cc1)N1CCN(S(=O)(=O)c2cccs2)CC1. The smallest absolute Gasteiger partial charge is 0.252 e. The maximum absolute atomic E-state index is 12.9. The zero-order valence-electron chi connectivity index (χ0n) is 13.3. The van der Waals surface area contributed by atoms with Crippen molar-refractivity contribution in [2.24, 2.45) is 0 Å². The molecule has 1 aromatic heterocycles. The van der Waals surface area contributed by atoms with Crippen LogP contribution in [-0.2, 0) is 14.8 Å². The molecule has 0 saturated carbocycles. The Labute approximate surface area is 150 Å². The number of thiophene rings is 1. The van der Waals surface area contributed by atoms with Crippen molar-refractivity contribution in [2.45, 2.75) is 4.21 Å². The van der Waals surface area contributed by atoms with E-state index in [1.807, 2.05) is 0 Å². The zero-order valence-corrected chi connectivity index (χ0v) is 15.0. The van der Waals surface area contributed by atoms with Crippen molar-refractivity contribution >= 4 is 33.3 Å². The van der Waals surface area contributed by atoms with Gasteiger partial charge in [-0.2, -0.15) is 4.31 Å². The minimum absolute atomic E-state index is 0.183. The van der Waals surface area contributed by atoms with Gasteiger partial charge in [0.15, 0.2) is 0 Å². The predicted molar refractivity (Wildman–Crippen MR) is 95.1 cm³/mol. The topological polar surface area (TPSA) is 57.7 Å².